The molecule has 1 heterocycles. The van der Waals surface area contributed by atoms with Crippen molar-refractivity contribution >= 4 is 17.3 Å². The van der Waals surface area contributed by atoms with Crippen LogP contribution >= 0.6 is 0 Å². The number of nitrogen functional groups attached to an aromatic ring is 1. The zero-order valence-corrected chi connectivity index (χ0v) is 11.0. The van der Waals surface area contributed by atoms with Gasteiger partial charge in [-0.05, 0) is 24.6 Å². The minimum Gasteiger partial charge on any atom is -0.396 e. The summed E-state index contributed by atoms with van der Waals surface area (Å²) in [5.41, 5.74) is 6.42. The molecule has 4 nitrogen and oxygen atoms in total. The Balaban J connectivity index is 2.42. The number of aryl methyl sites for hydroxylation is 1. The zero-order chi connectivity index (χ0) is 14.9. The van der Waals surface area contributed by atoms with Crippen LogP contribution in [0.2, 0.25) is 0 Å². The first-order valence-corrected chi connectivity index (χ1v) is 5.85. The lowest BCUT2D eigenvalue weighted by molar-refractivity contribution is 0.0989. The second-order valence-electron chi connectivity index (χ2n) is 4.38. The maximum atomic E-state index is 13.7. The Labute approximate surface area is 114 Å². The Bertz CT molecular complexity index is 673. The molecular weight excluding hydrogens is 264 g/mol. The summed E-state index contributed by atoms with van der Waals surface area (Å²) in [6.45, 7) is 1.46. The van der Waals surface area contributed by atoms with Crippen LogP contribution < -0.4 is 10.6 Å². The molecule has 2 aromatic rings. The molecule has 0 spiro atoms. The first-order chi connectivity index (χ1) is 9.41. The fourth-order valence-electron chi connectivity index (χ4n) is 1.82. The summed E-state index contributed by atoms with van der Waals surface area (Å²) in [5.74, 6) is -2.20. The summed E-state index contributed by atoms with van der Waals surface area (Å²) in [6, 6.07) is 3.43. The second kappa shape index (κ2) is 5.24. The zero-order valence-electron chi connectivity index (χ0n) is 11.0. The number of halogens is 2. The van der Waals surface area contributed by atoms with Gasteiger partial charge in [-0.3, -0.25) is 9.78 Å². The van der Waals surface area contributed by atoms with Crippen LogP contribution in [0.15, 0.2) is 30.6 Å². The molecule has 1 amide bonds. The summed E-state index contributed by atoms with van der Waals surface area (Å²) in [5, 5.41) is 0. The Morgan fingerprint density at radius 3 is 2.65 bits per heavy atom. The van der Waals surface area contributed by atoms with Crippen molar-refractivity contribution in [3.8, 4) is 0 Å². The van der Waals surface area contributed by atoms with E-state index in [0.717, 1.165) is 0 Å². The highest BCUT2D eigenvalue weighted by Gasteiger charge is 2.20. The van der Waals surface area contributed by atoms with Crippen LogP contribution in [0.5, 0.6) is 0 Å². The van der Waals surface area contributed by atoms with Crippen molar-refractivity contribution < 1.29 is 13.6 Å². The first-order valence-electron chi connectivity index (χ1n) is 5.85. The number of benzene rings is 1. The van der Waals surface area contributed by atoms with Gasteiger partial charge in [0.25, 0.3) is 5.91 Å². The highest BCUT2D eigenvalue weighted by atomic mass is 19.1. The molecule has 0 atom stereocenters. The average molecular weight is 277 g/mol. The fraction of sp³-hybridized carbons (Fsp3) is 0.143. The minimum atomic E-state index is -0.905. The van der Waals surface area contributed by atoms with Crippen molar-refractivity contribution in [1.29, 1.82) is 0 Å². The Hall–Kier alpha value is -2.50. The van der Waals surface area contributed by atoms with Gasteiger partial charge in [0, 0.05) is 19.3 Å². The number of nitrogens with zero attached hydrogens (tertiary/aromatic N) is 2. The van der Waals surface area contributed by atoms with E-state index in [-0.39, 0.29) is 11.1 Å². The quantitative estimate of drug-likeness (QED) is 0.917. The van der Waals surface area contributed by atoms with Crippen LogP contribution in [0.3, 0.4) is 0 Å². The molecule has 2 rings (SSSR count). The third-order valence-corrected chi connectivity index (χ3v) is 2.97. The van der Waals surface area contributed by atoms with E-state index in [1.54, 1.807) is 6.07 Å². The summed E-state index contributed by atoms with van der Waals surface area (Å²) in [4.78, 5) is 17.3. The standard InChI is InChI=1S/C14H13F2N3O/c1-8-5-9(11(16)6-10(8)15)14(20)19(2)13-3-4-18-7-12(13)17/h3-7H,17H2,1-2H3. The third-order valence-electron chi connectivity index (χ3n) is 2.97. The topological polar surface area (TPSA) is 59.2 Å². The number of carbonyl (C=O) groups excluding carboxylic acids is 1. The molecule has 0 saturated carbocycles. The van der Waals surface area contributed by atoms with Crippen LogP contribution in [0.4, 0.5) is 20.2 Å². The number of pyridine rings is 1. The average Bonchev–Trinajstić information content (AvgIpc) is 2.42. The Morgan fingerprint density at radius 1 is 1.30 bits per heavy atom. The van der Waals surface area contributed by atoms with Gasteiger partial charge in [0.1, 0.15) is 11.6 Å². The van der Waals surface area contributed by atoms with Crippen LogP contribution in [-0.2, 0) is 0 Å². The number of carbonyl (C=O) groups is 1. The second-order valence-corrected chi connectivity index (χ2v) is 4.38. The summed E-state index contributed by atoms with van der Waals surface area (Å²) >= 11 is 0. The van der Waals surface area contributed by atoms with E-state index in [0.29, 0.717) is 17.4 Å². The maximum absolute atomic E-state index is 13.7. The molecule has 104 valence electrons. The van der Waals surface area contributed by atoms with E-state index in [9.17, 15) is 13.6 Å². The van der Waals surface area contributed by atoms with Crippen molar-refractivity contribution in [3.05, 3.63) is 53.4 Å². The summed E-state index contributed by atoms with van der Waals surface area (Å²) in [6.07, 6.45) is 2.87. The molecule has 0 saturated heterocycles. The Morgan fingerprint density at radius 2 is 2.00 bits per heavy atom. The highest BCUT2D eigenvalue weighted by molar-refractivity contribution is 6.07. The minimum absolute atomic E-state index is 0.200. The maximum Gasteiger partial charge on any atom is 0.261 e. The smallest absolute Gasteiger partial charge is 0.261 e. The van der Waals surface area contributed by atoms with Gasteiger partial charge < -0.3 is 10.6 Å². The molecule has 2 N–H and O–H groups in total. The fourth-order valence-corrected chi connectivity index (χ4v) is 1.82. The lowest BCUT2D eigenvalue weighted by Crippen LogP contribution is -2.28. The third kappa shape index (κ3) is 2.45. The van der Waals surface area contributed by atoms with E-state index < -0.39 is 17.5 Å². The molecule has 20 heavy (non-hydrogen) atoms. The van der Waals surface area contributed by atoms with E-state index >= 15 is 0 Å². The van der Waals surface area contributed by atoms with Crippen LogP contribution in [0.25, 0.3) is 0 Å². The number of anilines is 2. The van der Waals surface area contributed by atoms with Crippen LogP contribution in [-0.4, -0.2) is 17.9 Å². The lowest BCUT2D eigenvalue weighted by atomic mass is 10.1. The number of hydrogen-bond acceptors (Lipinski definition) is 3. The summed E-state index contributed by atoms with van der Waals surface area (Å²) < 4.78 is 26.9. The number of nitrogens with two attached hydrogens (primary N) is 1. The van der Waals surface area contributed by atoms with Gasteiger partial charge in [0.05, 0.1) is 23.1 Å². The van der Waals surface area contributed by atoms with Crippen LogP contribution in [0.1, 0.15) is 15.9 Å². The van der Waals surface area contributed by atoms with Crippen molar-refractivity contribution in [1.82, 2.24) is 4.98 Å². The van der Waals surface area contributed by atoms with Crippen LogP contribution in [0, 0.1) is 18.6 Å². The number of aromatic nitrogens is 1. The molecule has 6 heteroatoms. The molecule has 1 aromatic heterocycles. The molecule has 0 aliphatic rings. The molecule has 0 fully saturated rings. The number of rotatable bonds is 2. The van der Waals surface area contributed by atoms with Gasteiger partial charge in [-0.25, -0.2) is 8.78 Å². The van der Waals surface area contributed by atoms with E-state index in [2.05, 4.69) is 4.98 Å². The highest BCUT2D eigenvalue weighted by Crippen LogP contribution is 2.23. The van der Waals surface area contributed by atoms with Gasteiger partial charge in [0.2, 0.25) is 0 Å². The molecule has 0 aliphatic heterocycles. The van der Waals surface area contributed by atoms with Gasteiger partial charge in [-0.15, -0.1) is 0 Å². The SMILES string of the molecule is Cc1cc(C(=O)N(C)c2ccncc2N)c(F)cc1F. The van der Waals surface area contributed by atoms with Crippen molar-refractivity contribution in [2.24, 2.45) is 0 Å². The van der Waals surface area contributed by atoms with E-state index in [4.69, 9.17) is 5.73 Å². The first kappa shape index (κ1) is 13.9. The predicted octanol–water partition coefficient (Wildman–Crippen LogP) is 2.53. The van der Waals surface area contributed by atoms with Gasteiger partial charge >= 0.3 is 0 Å². The van der Waals surface area contributed by atoms with Crippen molar-refractivity contribution in [2.75, 3.05) is 17.7 Å². The Kier molecular flexibility index (Phi) is 3.65. The molecule has 0 aliphatic carbocycles. The monoisotopic (exact) mass is 277 g/mol. The molecule has 0 unspecified atom stereocenters. The molecule has 1 aromatic carbocycles. The normalized spacial score (nSPS) is 10.4. The molecule has 0 bridgehead atoms. The largest absolute Gasteiger partial charge is 0.396 e. The lowest BCUT2D eigenvalue weighted by Gasteiger charge is -2.19. The van der Waals surface area contributed by atoms with E-state index in [1.165, 1.54) is 37.3 Å². The number of amides is 1. The van der Waals surface area contributed by atoms with Gasteiger partial charge in [0.15, 0.2) is 0 Å². The number of hydrogen-bond donors (Lipinski definition) is 1. The van der Waals surface area contributed by atoms with Crippen molar-refractivity contribution in [2.45, 2.75) is 6.92 Å². The molecular formula is C14H13F2N3O. The van der Waals surface area contributed by atoms with E-state index in [1.807, 2.05) is 0 Å². The van der Waals surface area contributed by atoms with Gasteiger partial charge in [-0.2, -0.15) is 0 Å². The summed E-state index contributed by atoms with van der Waals surface area (Å²) in [7, 11) is 1.46. The van der Waals surface area contributed by atoms with Gasteiger partial charge in [-0.1, -0.05) is 0 Å². The predicted molar refractivity (Wildman–Crippen MR) is 72.5 cm³/mol. The van der Waals surface area contributed by atoms with Crippen molar-refractivity contribution in [3.63, 3.8) is 0 Å². The molecule has 0 radical (unpaired) electrons.